The van der Waals surface area contributed by atoms with Crippen LogP contribution in [0.2, 0.25) is 0 Å². The molecule has 0 bridgehead atoms. The summed E-state index contributed by atoms with van der Waals surface area (Å²) >= 11 is 1.84. The Labute approximate surface area is 112 Å². The van der Waals surface area contributed by atoms with Crippen molar-refractivity contribution in [2.24, 2.45) is 5.73 Å². The van der Waals surface area contributed by atoms with Gasteiger partial charge in [0.05, 0.1) is 12.7 Å². The lowest BCUT2D eigenvalue weighted by atomic mass is 10.0. The molecule has 96 valence electrons. The van der Waals surface area contributed by atoms with Crippen molar-refractivity contribution in [3.8, 4) is 0 Å². The first-order valence-corrected chi connectivity index (χ1v) is 7.01. The summed E-state index contributed by atoms with van der Waals surface area (Å²) < 4.78 is 5.69. The van der Waals surface area contributed by atoms with Gasteiger partial charge < -0.3 is 10.5 Å². The third-order valence-corrected chi connectivity index (χ3v) is 4.24. The van der Waals surface area contributed by atoms with Gasteiger partial charge in [-0.05, 0) is 24.1 Å². The fraction of sp³-hybridized carbons (Fsp3) is 0.333. The molecule has 1 aromatic heterocycles. The third-order valence-electron chi connectivity index (χ3n) is 2.98. The molecule has 2 nitrogen and oxygen atoms in total. The zero-order valence-corrected chi connectivity index (χ0v) is 11.5. The number of rotatable bonds is 4. The summed E-state index contributed by atoms with van der Waals surface area (Å²) in [5.74, 6) is 0. The second-order valence-corrected chi connectivity index (χ2v) is 5.33. The van der Waals surface area contributed by atoms with Gasteiger partial charge in [0, 0.05) is 22.7 Å². The first-order chi connectivity index (χ1) is 8.80. The molecule has 2 heterocycles. The van der Waals surface area contributed by atoms with E-state index in [-0.39, 0.29) is 6.10 Å². The lowest BCUT2D eigenvalue weighted by molar-refractivity contribution is 0.0498. The minimum absolute atomic E-state index is 0.0642. The third kappa shape index (κ3) is 2.64. The van der Waals surface area contributed by atoms with E-state index in [4.69, 9.17) is 10.5 Å². The Kier molecular flexibility index (Phi) is 4.53. The molecular formula is C15H19NOS. The fourth-order valence-electron chi connectivity index (χ4n) is 2.16. The molecule has 1 unspecified atom stereocenters. The number of allylic oxidation sites excluding steroid dienone is 5. The van der Waals surface area contributed by atoms with Crippen molar-refractivity contribution in [1.82, 2.24) is 0 Å². The van der Waals surface area contributed by atoms with Gasteiger partial charge in [-0.15, -0.1) is 11.3 Å². The Morgan fingerprint density at radius 2 is 2.50 bits per heavy atom. The highest BCUT2D eigenvalue weighted by atomic mass is 32.1. The van der Waals surface area contributed by atoms with Crippen molar-refractivity contribution in [1.29, 1.82) is 0 Å². The summed E-state index contributed by atoms with van der Waals surface area (Å²) in [6.45, 7) is 7.12. The standard InChI is InChI=1S/C15H19NOS/c1-3-5-11(6-4-2)15-9-12-13(10-16)17-8-7-14(12)18-15/h3-6,9,13H,1,7-8,10,16H2,2H3/b6-4-,11-5+. The number of hydrogen-bond donors (Lipinski definition) is 1. The summed E-state index contributed by atoms with van der Waals surface area (Å²) in [4.78, 5) is 2.67. The van der Waals surface area contributed by atoms with E-state index in [2.05, 4.69) is 18.7 Å². The van der Waals surface area contributed by atoms with Crippen LogP contribution >= 0.6 is 11.3 Å². The number of ether oxygens (including phenoxy) is 1. The quantitative estimate of drug-likeness (QED) is 0.842. The Bertz CT molecular complexity index is 485. The minimum atomic E-state index is 0.0642. The van der Waals surface area contributed by atoms with Gasteiger partial charge in [0.1, 0.15) is 0 Å². The Hall–Kier alpha value is -1.16. The molecule has 0 aromatic carbocycles. The average Bonchev–Trinajstić information content (AvgIpc) is 2.82. The molecule has 2 rings (SSSR count). The predicted molar refractivity (Wildman–Crippen MR) is 78.8 cm³/mol. The van der Waals surface area contributed by atoms with E-state index in [0.29, 0.717) is 6.54 Å². The van der Waals surface area contributed by atoms with Gasteiger partial charge in [-0.3, -0.25) is 0 Å². The summed E-state index contributed by atoms with van der Waals surface area (Å²) in [7, 11) is 0. The summed E-state index contributed by atoms with van der Waals surface area (Å²) in [5.41, 5.74) is 8.22. The molecule has 1 aliphatic rings. The molecule has 0 amide bonds. The first kappa shape index (κ1) is 13.3. The Morgan fingerprint density at radius 3 is 3.17 bits per heavy atom. The fourth-order valence-corrected chi connectivity index (χ4v) is 3.36. The number of thiophene rings is 1. The van der Waals surface area contributed by atoms with Gasteiger partial charge in [-0.1, -0.05) is 30.9 Å². The Morgan fingerprint density at radius 1 is 1.67 bits per heavy atom. The lowest BCUT2D eigenvalue weighted by Crippen LogP contribution is -2.21. The molecule has 0 radical (unpaired) electrons. The highest BCUT2D eigenvalue weighted by Gasteiger charge is 2.22. The zero-order chi connectivity index (χ0) is 13.0. The highest BCUT2D eigenvalue weighted by molar-refractivity contribution is 7.13. The highest BCUT2D eigenvalue weighted by Crippen LogP contribution is 2.36. The molecule has 3 heteroatoms. The van der Waals surface area contributed by atoms with Crippen LogP contribution < -0.4 is 5.73 Å². The first-order valence-electron chi connectivity index (χ1n) is 6.20. The predicted octanol–water partition coefficient (Wildman–Crippen LogP) is 3.47. The van der Waals surface area contributed by atoms with E-state index in [1.807, 2.05) is 36.5 Å². The minimum Gasteiger partial charge on any atom is -0.372 e. The normalized spacial score (nSPS) is 20.1. The van der Waals surface area contributed by atoms with Crippen molar-refractivity contribution in [3.63, 3.8) is 0 Å². The maximum absolute atomic E-state index is 5.76. The van der Waals surface area contributed by atoms with Crippen molar-refractivity contribution >= 4 is 16.9 Å². The summed E-state index contributed by atoms with van der Waals surface area (Å²) in [5, 5.41) is 0. The van der Waals surface area contributed by atoms with Crippen LogP contribution in [0.1, 0.15) is 28.3 Å². The molecule has 2 N–H and O–H groups in total. The maximum Gasteiger partial charge on any atom is 0.0958 e. The molecule has 0 saturated heterocycles. The Balaban J connectivity index is 2.39. The van der Waals surface area contributed by atoms with Gasteiger partial charge >= 0.3 is 0 Å². The summed E-state index contributed by atoms with van der Waals surface area (Å²) in [6, 6.07) is 2.21. The van der Waals surface area contributed by atoms with Crippen molar-refractivity contribution in [3.05, 3.63) is 52.3 Å². The van der Waals surface area contributed by atoms with Crippen LogP contribution in [-0.4, -0.2) is 13.2 Å². The van der Waals surface area contributed by atoms with Gasteiger partial charge in [-0.25, -0.2) is 0 Å². The van der Waals surface area contributed by atoms with E-state index >= 15 is 0 Å². The van der Waals surface area contributed by atoms with E-state index in [0.717, 1.165) is 13.0 Å². The molecule has 1 atom stereocenters. The van der Waals surface area contributed by atoms with E-state index in [9.17, 15) is 0 Å². The smallest absolute Gasteiger partial charge is 0.0958 e. The monoisotopic (exact) mass is 261 g/mol. The molecule has 0 fully saturated rings. The van der Waals surface area contributed by atoms with Gasteiger partial charge in [0.2, 0.25) is 0 Å². The van der Waals surface area contributed by atoms with E-state index in [1.165, 1.54) is 20.9 Å². The van der Waals surface area contributed by atoms with Crippen LogP contribution in [0.4, 0.5) is 0 Å². The van der Waals surface area contributed by atoms with Crippen LogP contribution in [0.25, 0.3) is 5.57 Å². The largest absolute Gasteiger partial charge is 0.372 e. The van der Waals surface area contributed by atoms with Crippen LogP contribution in [0.5, 0.6) is 0 Å². The molecule has 0 spiro atoms. The topological polar surface area (TPSA) is 35.2 Å². The summed E-state index contributed by atoms with van der Waals surface area (Å²) in [6.07, 6.45) is 9.07. The number of hydrogen-bond acceptors (Lipinski definition) is 3. The molecule has 18 heavy (non-hydrogen) atoms. The van der Waals surface area contributed by atoms with E-state index < -0.39 is 0 Å². The zero-order valence-electron chi connectivity index (χ0n) is 10.7. The van der Waals surface area contributed by atoms with Crippen LogP contribution in [0.15, 0.2) is 36.9 Å². The molecular weight excluding hydrogens is 242 g/mol. The second kappa shape index (κ2) is 6.14. The van der Waals surface area contributed by atoms with Gasteiger partial charge in [0.15, 0.2) is 0 Å². The number of nitrogens with two attached hydrogens (primary N) is 1. The van der Waals surface area contributed by atoms with Crippen LogP contribution in [0.3, 0.4) is 0 Å². The average molecular weight is 261 g/mol. The van der Waals surface area contributed by atoms with Crippen molar-refractivity contribution in [2.75, 3.05) is 13.2 Å². The maximum atomic E-state index is 5.76. The SMILES string of the molecule is C=C/C=C(\C=C/C)c1cc2c(s1)CCOC2CN. The van der Waals surface area contributed by atoms with Crippen LogP contribution in [-0.2, 0) is 11.2 Å². The lowest BCUT2D eigenvalue weighted by Gasteiger charge is -2.21. The second-order valence-electron chi connectivity index (χ2n) is 4.19. The van der Waals surface area contributed by atoms with E-state index in [1.54, 1.807) is 0 Å². The van der Waals surface area contributed by atoms with Crippen LogP contribution in [0, 0.1) is 0 Å². The van der Waals surface area contributed by atoms with Gasteiger partial charge in [-0.2, -0.15) is 0 Å². The molecule has 1 aliphatic heterocycles. The molecule has 0 saturated carbocycles. The number of fused-ring (bicyclic) bond motifs is 1. The molecule has 0 aliphatic carbocycles. The van der Waals surface area contributed by atoms with Crippen molar-refractivity contribution < 1.29 is 4.74 Å². The van der Waals surface area contributed by atoms with Crippen molar-refractivity contribution in [2.45, 2.75) is 19.4 Å². The molecule has 1 aromatic rings. The van der Waals surface area contributed by atoms with Gasteiger partial charge in [0.25, 0.3) is 0 Å².